The van der Waals surface area contributed by atoms with E-state index in [0.29, 0.717) is 51.5 Å². The van der Waals surface area contributed by atoms with E-state index in [0.717, 1.165) is 18.6 Å². The number of carbonyl (C=O) groups is 2. The van der Waals surface area contributed by atoms with E-state index in [1.54, 1.807) is 9.80 Å². The van der Waals surface area contributed by atoms with E-state index in [1.165, 1.54) is 0 Å². The topological polar surface area (TPSA) is 59.1 Å². The number of halogens is 4. The van der Waals surface area contributed by atoms with Crippen LogP contribution in [0.25, 0.3) is 0 Å². The van der Waals surface area contributed by atoms with Crippen molar-refractivity contribution in [2.45, 2.75) is 44.1 Å². The lowest BCUT2D eigenvalue weighted by Gasteiger charge is -2.59. The van der Waals surface area contributed by atoms with E-state index >= 15 is 0 Å². The van der Waals surface area contributed by atoms with Crippen molar-refractivity contribution in [3.8, 4) is 5.75 Å². The first-order valence-corrected chi connectivity index (χ1v) is 10.8. The predicted molar refractivity (Wildman–Crippen MR) is 103 cm³/mol. The number of urea groups is 1. The standard InChI is InChI=1S/C22H24F4N2O4/c23-17-6-14(22(24,25)26)1-2-19(17)32-16-7-21(8-16)11-28(12-21)20(30)27-4-3-18-13(9-27)5-15(29)10-31-18/h1-2,6,13,16,18H,3-5,7-12H2/t13-,18+/m1/s1. The minimum absolute atomic E-state index is 0.0368. The molecule has 1 aromatic carbocycles. The van der Waals surface area contributed by atoms with Crippen molar-refractivity contribution in [1.82, 2.24) is 9.80 Å². The van der Waals surface area contributed by atoms with Gasteiger partial charge in [0.05, 0.1) is 11.7 Å². The molecular formula is C22H24F4N2O4. The molecule has 1 aliphatic carbocycles. The molecule has 5 rings (SSSR count). The van der Waals surface area contributed by atoms with Crippen LogP contribution in [0.5, 0.6) is 5.75 Å². The van der Waals surface area contributed by atoms with Crippen LogP contribution in [0.3, 0.4) is 0 Å². The normalized spacial score (nSPS) is 27.6. The van der Waals surface area contributed by atoms with Gasteiger partial charge in [-0.3, -0.25) is 4.79 Å². The van der Waals surface area contributed by atoms with Gasteiger partial charge in [-0.1, -0.05) is 0 Å². The van der Waals surface area contributed by atoms with E-state index in [-0.39, 0.29) is 47.7 Å². The number of rotatable bonds is 2. The molecule has 6 nitrogen and oxygen atoms in total. The largest absolute Gasteiger partial charge is 0.487 e. The van der Waals surface area contributed by atoms with Gasteiger partial charge in [0, 0.05) is 43.9 Å². The zero-order valence-electron chi connectivity index (χ0n) is 17.4. The summed E-state index contributed by atoms with van der Waals surface area (Å²) in [5.74, 6) is -1.07. The Kier molecular flexibility index (Phi) is 5.11. The highest BCUT2D eigenvalue weighted by atomic mass is 19.4. The van der Waals surface area contributed by atoms with Gasteiger partial charge in [0.15, 0.2) is 17.3 Å². The summed E-state index contributed by atoms with van der Waals surface area (Å²) < 4.78 is 63.1. The summed E-state index contributed by atoms with van der Waals surface area (Å²) in [5, 5.41) is 0. The summed E-state index contributed by atoms with van der Waals surface area (Å²) in [6.07, 6.45) is -2.38. The number of piperidine rings is 1. The number of carbonyl (C=O) groups excluding carboxylic acids is 2. The summed E-state index contributed by atoms with van der Waals surface area (Å²) in [6, 6.07) is 2.24. The summed E-state index contributed by atoms with van der Waals surface area (Å²) in [4.78, 5) is 28.1. The molecule has 1 spiro atoms. The Hall–Kier alpha value is -2.36. The predicted octanol–water partition coefficient (Wildman–Crippen LogP) is 3.49. The zero-order chi connectivity index (χ0) is 22.7. The average molecular weight is 456 g/mol. The molecule has 2 amide bonds. The number of ether oxygens (including phenoxy) is 2. The highest BCUT2D eigenvalue weighted by molar-refractivity contribution is 5.81. The van der Waals surface area contributed by atoms with Gasteiger partial charge < -0.3 is 19.3 Å². The molecule has 0 aromatic heterocycles. The van der Waals surface area contributed by atoms with Crippen LogP contribution < -0.4 is 4.74 Å². The fourth-order valence-corrected chi connectivity index (χ4v) is 5.45. The Morgan fingerprint density at radius 1 is 1.19 bits per heavy atom. The number of nitrogens with zero attached hydrogens (tertiary/aromatic N) is 2. The van der Waals surface area contributed by atoms with Crippen LogP contribution in [0, 0.1) is 17.2 Å². The van der Waals surface area contributed by atoms with Crippen LogP contribution in [-0.4, -0.2) is 66.6 Å². The van der Waals surface area contributed by atoms with Crippen molar-refractivity contribution in [2.24, 2.45) is 11.3 Å². The van der Waals surface area contributed by atoms with E-state index < -0.39 is 17.6 Å². The van der Waals surface area contributed by atoms with Crippen LogP contribution in [0.2, 0.25) is 0 Å². The van der Waals surface area contributed by atoms with Crippen molar-refractivity contribution in [2.75, 3.05) is 32.8 Å². The number of fused-ring (bicyclic) bond motifs is 1. The molecule has 3 saturated heterocycles. The lowest BCUT2D eigenvalue weighted by atomic mass is 9.62. The van der Waals surface area contributed by atoms with Crippen LogP contribution in [0.15, 0.2) is 18.2 Å². The fraction of sp³-hybridized carbons (Fsp3) is 0.636. The molecular weight excluding hydrogens is 432 g/mol. The molecule has 174 valence electrons. The monoisotopic (exact) mass is 456 g/mol. The fourth-order valence-electron chi connectivity index (χ4n) is 5.45. The number of hydrogen-bond donors (Lipinski definition) is 0. The first kappa shape index (κ1) is 21.5. The number of benzene rings is 1. The molecule has 3 heterocycles. The van der Waals surface area contributed by atoms with Crippen LogP contribution >= 0.6 is 0 Å². The molecule has 4 aliphatic rings. The lowest BCUT2D eigenvalue weighted by Crippen LogP contribution is -2.68. The van der Waals surface area contributed by atoms with Gasteiger partial charge in [0.25, 0.3) is 0 Å². The molecule has 10 heteroatoms. The molecule has 4 fully saturated rings. The molecule has 2 atom stereocenters. The smallest absolute Gasteiger partial charge is 0.416 e. The van der Waals surface area contributed by atoms with Crippen molar-refractivity contribution in [1.29, 1.82) is 0 Å². The van der Waals surface area contributed by atoms with Crippen LogP contribution in [-0.2, 0) is 15.7 Å². The Labute approximate surface area is 182 Å². The molecule has 0 bridgehead atoms. The molecule has 0 unspecified atom stereocenters. The highest BCUT2D eigenvalue weighted by Gasteiger charge is 2.55. The SMILES string of the molecule is O=C1CO[C@H]2CCN(C(=O)N3CC4(CC(Oc5ccc(C(F)(F)F)cc5F)C4)C3)C[C@H]2C1. The molecule has 1 aromatic rings. The van der Waals surface area contributed by atoms with Gasteiger partial charge in [-0.2, -0.15) is 13.2 Å². The number of amides is 2. The average Bonchev–Trinajstić information content (AvgIpc) is 2.68. The second-order valence-corrected chi connectivity index (χ2v) is 9.52. The van der Waals surface area contributed by atoms with Gasteiger partial charge in [-0.25, -0.2) is 9.18 Å². The van der Waals surface area contributed by atoms with Gasteiger partial charge in [-0.15, -0.1) is 0 Å². The first-order chi connectivity index (χ1) is 15.1. The van der Waals surface area contributed by atoms with Crippen molar-refractivity contribution in [3.05, 3.63) is 29.6 Å². The zero-order valence-corrected chi connectivity index (χ0v) is 17.4. The van der Waals surface area contributed by atoms with E-state index in [1.807, 2.05) is 0 Å². The number of likely N-dealkylation sites (tertiary alicyclic amines) is 2. The summed E-state index contributed by atoms with van der Waals surface area (Å²) >= 11 is 0. The third-order valence-electron chi connectivity index (χ3n) is 7.08. The van der Waals surface area contributed by atoms with E-state index in [9.17, 15) is 27.2 Å². The Morgan fingerprint density at radius 2 is 1.94 bits per heavy atom. The Bertz CT molecular complexity index is 923. The van der Waals surface area contributed by atoms with Crippen LogP contribution in [0.4, 0.5) is 22.4 Å². The maximum Gasteiger partial charge on any atom is 0.416 e. The van der Waals surface area contributed by atoms with E-state index in [2.05, 4.69) is 0 Å². The number of Topliss-reactive ketones (excluding diaryl/α,β-unsaturated/α-hetero) is 1. The number of hydrogen-bond acceptors (Lipinski definition) is 4. The molecule has 0 N–H and O–H groups in total. The molecule has 0 radical (unpaired) electrons. The van der Waals surface area contributed by atoms with Crippen molar-refractivity contribution in [3.63, 3.8) is 0 Å². The van der Waals surface area contributed by atoms with Crippen LogP contribution in [0.1, 0.15) is 31.2 Å². The third kappa shape index (κ3) is 3.93. The van der Waals surface area contributed by atoms with Gasteiger partial charge >= 0.3 is 12.2 Å². The Morgan fingerprint density at radius 3 is 2.62 bits per heavy atom. The summed E-state index contributed by atoms with van der Waals surface area (Å²) in [6.45, 7) is 2.47. The molecule has 32 heavy (non-hydrogen) atoms. The Balaban J connectivity index is 1.10. The number of alkyl halides is 3. The van der Waals surface area contributed by atoms with Gasteiger partial charge in [0.1, 0.15) is 12.7 Å². The first-order valence-electron chi connectivity index (χ1n) is 10.8. The van der Waals surface area contributed by atoms with Crippen molar-refractivity contribution >= 4 is 11.8 Å². The quantitative estimate of drug-likeness (QED) is 0.640. The third-order valence-corrected chi connectivity index (χ3v) is 7.08. The number of ketones is 1. The summed E-state index contributed by atoms with van der Waals surface area (Å²) in [7, 11) is 0. The van der Waals surface area contributed by atoms with Gasteiger partial charge in [-0.05, 0) is 37.5 Å². The maximum absolute atomic E-state index is 14.0. The van der Waals surface area contributed by atoms with Crippen molar-refractivity contribution < 1.29 is 36.6 Å². The van der Waals surface area contributed by atoms with E-state index in [4.69, 9.17) is 9.47 Å². The minimum Gasteiger partial charge on any atom is -0.487 e. The summed E-state index contributed by atoms with van der Waals surface area (Å²) in [5.41, 5.74) is -1.11. The second kappa shape index (κ2) is 7.60. The lowest BCUT2D eigenvalue weighted by molar-refractivity contribution is -0.140. The van der Waals surface area contributed by atoms with Gasteiger partial charge in [0.2, 0.25) is 0 Å². The maximum atomic E-state index is 14.0. The molecule has 1 saturated carbocycles. The molecule has 3 aliphatic heterocycles. The second-order valence-electron chi connectivity index (χ2n) is 9.52. The minimum atomic E-state index is -4.60. The highest BCUT2D eigenvalue weighted by Crippen LogP contribution is 2.50.